The summed E-state index contributed by atoms with van der Waals surface area (Å²) < 4.78 is 37.0. The molecule has 2 rings (SSSR count). The van der Waals surface area contributed by atoms with Gasteiger partial charge in [0, 0.05) is 17.6 Å². The van der Waals surface area contributed by atoms with E-state index in [-0.39, 0.29) is 17.4 Å². The van der Waals surface area contributed by atoms with Gasteiger partial charge in [0.15, 0.2) is 0 Å². The van der Waals surface area contributed by atoms with Gasteiger partial charge in [-0.25, -0.2) is 9.97 Å². The average molecular weight is 252 g/mol. The highest BCUT2D eigenvalue weighted by molar-refractivity contribution is 6.21. The zero-order valence-corrected chi connectivity index (χ0v) is 8.89. The van der Waals surface area contributed by atoms with Gasteiger partial charge >= 0.3 is 6.18 Å². The lowest BCUT2D eigenvalue weighted by Crippen LogP contribution is -2.36. The van der Waals surface area contributed by atoms with Gasteiger partial charge in [0.25, 0.3) is 0 Å². The van der Waals surface area contributed by atoms with Gasteiger partial charge in [-0.15, -0.1) is 11.6 Å². The largest absolute Gasteiger partial charge is 0.433 e. The summed E-state index contributed by atoms with van der Waals surface area (Å²) >= 11 is 5.75. The second-order valence-corrected chi connectivity index (χ2v) is 4.29. The maximum atomic E-state index is 12.3. The molecule has 1 aromatic rings. The first-order chi connectivity index (χ1) is 7.45. The fourth-order valence-electron chi connectivity index (χ4n) is 1.43. The van der Waals surface area contributed by atoms with Gasteiger partial charge in [-0.05, 0) is 18.9 Å². The van der Waals surface area contributed by atoms with Crippen LogP contribution in [-0.2, 0) is 6.18 Å². The van der Waals surface area contributed by atoms with E-state index in [2.05, 4.69) is 15.3 Å². The van der Waals surface area contributed by atoms with Crippen molar-refractivity contribution in [2.45, 2.75) is 30.4 Å². The molecule has 1 aromatic heterocycles. The summed E-state index contributed by atoms with van der Waals surface area (Å²) in [6.07, 6.45) is -1.90. The number of hydrogen-bond acceptors (Lipinski definition) is 3. The van der Waals surface area contributed by atoms with Crippen LogP contribution in [0.2, 0.25) is 0 Å². The highest BCUT2D eigenvalue weighted by Gasteiger charge is 2.33. The normalized spacial score (nSPS) is 25.0. The van der Waals surface area contributed by atoms with Crippen LogP contribution >= 0.6 is 11.6 Å². The Balaban J connectivity index is 2.05. The van der Waals surface area contributed by atoms with Crippen LogP contribution in [0.3, 0.4) is 0 Å². The number of nitrogens with one attached hydrogen (secondary N) is 1. The Morgan fingerprint density at radius 1 is 1.38 bits per heavy atom. The van der Waals surface area contributed by atoms with Crippen molar-refractivity contribution in [1.82, 2.24) is 9.97 Å². The topological polar surface area (TPSA) is 37.8 Å². The van der Waals surface area contributed by atoms with E-state index in [1.54, 1.807) is 0 Å². The monoisotopic (exact) mass is 251 g/mol. The fraction of sp³-hybridized carbons (Fsp3) is 0.556. The molecule has 7 heteroatoms. The third kappa shape index (κ3) is 2.55. The minimum absolute atomic E-state index is 0.00314. The molecular formula is C9H9ClF3N3. The van der Waals surface area contributed by atoms with Gasteiger partial charge < -0.3 is 5.32 Å². The molecule has 1 N–H and O–H groups in total. The van der Waals surface area contributed by atoms with E-state index in [0.29, 0.717) is 0 Å². The van der Waals surface area contributed by atoms with Crippen LogP contribution in [-0.4, -0.2) is 21.4 Å². The Hall–Kier alpha value is -1.04. The molecule has 88 valence electrons. The molecule has 16 heavy (non-hydrogen) atoms. The molecule has 0 bridgehead atoms. The van der Waals surface area contributed by atoms with Crippen LogP contribution in [0.1, 0.15) is 18.5 Å². The second-order valence-electron chi connectivity index (χ2n) is 3.67. The van der Waals surface area contributed by atoms with Crippen LogP contribution in [0, 0.1) is 0 Å². The summed E-state index contributed by atoms with van der Waals surface area (Å²) in [6.45, 7) is 0. The average Bonchev–Trinajstić information content (AvgIpc) is 2.14. The van der Waals surface area contributed by atoms with E-state index in [1.165, 1.54) is 0 Å². The highest BCUT2D eigenvalue weighted by atomic mass is 35.5. The number of aromatic nitrogens is 2. The molecule has 0 unspecified atom stereocenters. The predicted octanol–water partition coefficient (Wildman–Crippen LogP) is 2.68. The van der Waals surface area contributed by atoms with Gasteiger partial charge in [-0.2, -0.15) is 13.2 Å². The summed E-state index contributed by atoms with van der Waals surface area (Å²) in [5, 5.41) is 2.91. The van der Waals surface area contributed by atoms with E-state index in [4.69, 9.17) is 11.6 Å². The van der Waals surface area contributed by atoms with Crippen molar-refractivity contribution in [1.29, 1.82) is 0 Å². The second kappa shape index (κ2) is 4.08. The van der Waals surface area contributed by atoms with Crippen LogP contribution in [0.15, 0.2) is 12.3 Å². The summed E-state index contributed by atoms with van der Waals surface area (Å²) in [5.41, 5.74) is -0.938. The quantitative estimate of drug-likeness (QED) is 0.822. The van der Waals surface area contributed by atoms with Crippen molar-refractivity contribution >= 4 is 17.5 Å². The van der Waals surface area contributed by atoms with Gasteiger partial charge in [0.1, 0.15) is 5.69 Å². The first-order valence-corrected chi connectivity index (χ1v) is 5.19. The summed E-state index contributed by atoms with van der Waals surface area (Å²) in [4.78, 5) is 7.14. The SMILES string of the molecule is FC(F)(F)c1ccnc(NC2CC(Cl)C2)n1. The molecule has 1 heterocycles. The molecule has 0 aromatic carbocycles. The Bertz CT molecular complexity index is 377. The third-order valence-electron chi connectivity index (χ3n) is 2.36. The van der Waals surface area contributed by atoms with Crippen molar-refractivity contribution < 1.29 is 13.2 Å². The molecule has 0 radical (unpaired) electrons. The molecule has 0 amide bonds. The van der Waals surface area contributed by atoms with Crippen molar-refractivity contribution in [3.05, 3.63) is 18.0 Å². The summed E-state index contributed by atoms with van der Waals surface area (Å²) in [6, 6.07) is 0.919. The first kappa shape index (κ1) is 11.4. The molecule has 0 aliphatic heterocycles. The Morgan fingerprint density at radius 2 is 2.06 bits per heavy atom. The van der Waals surface area contributed by atoms with E-state index in [9.17, 15) is 13.2 Å². The summed E-state index contributed by atoms with van der Waals surface area (Å²) in [7, 11) is 0. The van der Waals surface area contributed by atoms with Crippen molar-refractivity contribution in [3.8, 4) is 0 Å². The fourth-order valence-corrected chi connectivity index (χ4v) is 1.87. The lowest BCUT2D eigenvalue weighted by molar-refractivity contribution is -0.141. The van der Waals surface area contributed by atoms with E-state index >= 15 is 0 Å². The van der Waals surface area contributed by atoms with Crippen LogP contribution in [0.5, 0.6) is 0 Å². The number of alkyl halides is 4. The first-order valence-electron chi connectivity index (χ1n) is 4.76. The number of hydrogen-bond donors (Lipinski definition) is 1. The molecule has 3 nitrogen and oxygen atoms in total. The van der Waals surface area contributed by atoms with Gasteiger partial charge in [0.05, 0.1) is 0 Å². The Labute approximate surface area is 95.0 Å². The van der Waals surface area contributed by atoms with Crippen LogP contribution in [0.25, 0.3) is 0 Å². The Morgan fingerprint density at radius 3 is 2.62 bits per heavy atom. The lowest BCUT2D eigenvalue weighted by Gasteiger charge is -2.31. The maximum Gasteiger partial charge on any atom is 0.433 e. The van der Waals surface area contributed by atoms with Crippen molar-refractivity contribution in [2.24, 2.45) is 0 Å². The molecule has 1 fully saturated rings. The predicted molar refractivity (Wildman–Crippen MR) is 53.3 cm³/mol. The Kier molecular flexibility index (Phi) is 2.92. The smallest absolute Gasteiger partial charge is 0.351 e. The molecule has 0 atom stereocenters. The highest BCUT2D eigenvalue weighted by Crippen LogP contribution is 2.30. The van der Waals surface area contributed by atoms with Crippen molar-refractivity contribution in [3.63, 3.8) is 0 Å². The molecule has 1 aliphatic carbocycles. The zero-order valence-electron chi connectivity index (χ0n) is 8.13. The van der Waals surface area contributed by atoms with Gasteiger partial charge in [-0.3, -0.25) is 0 Å². The van der Waals surface area contributed by atoms with Crippen LogP contribution in [0.4, 0.5) is 19.1 Å². The lowest BCUT2D eigenvalue weighted by atomic mass is 9.93. The molecular weight excluding hydrogens is 243 g/mol. The number of nitrogens with zero attached hydrogens (tertiary/aromatic N) is 2. The third-order valence-corrected chi connectivity index (χ3v) is 2.72. The number of rotatable bonds is 2. The van der Waals surface area contributed by atoms with Crippen LogP contribution < -0.4 is 5.32 Å². The standard InChI is InChI=1S/C9H9ClF3N3/c10-5-3-6(4-5)15-8-14-2-1-7(16-8)9(11,12)13/h1-2,5-6H,3-4H2,(H,14,15,16). The maximum absolute atomic E-state index is 12.3. The molecule has 1 aliphatic rings. The minimum atomic E-state index is -4.44. The van der Waals surface area contributed by atoms with Gasteiger partial charge in [-0.1, -0.05) is 0 Å². The number of anilines is 1. The van der Waals surface area contributed by atoms with E-state index < -0.39 is 11.9 Å². The van der Waals surface area contributed by atoms with Crippen molar-refractivity contribution in [2.75, 3.05) is 5.32 Å². The zero-order chi connectivity index (χ0) is 11.8. The summed E-state index contributed by atoms with van der Waals surface area (Å²) in [5.74, 6) is 0.00314. The number of halogens is 4. The molecule has 0 saturated heterocycles. The van der Waals surface area contributed by atoms with E-state index in [1.807, 2.05) is 0 Å². The molecule has 1 saturated carbocycles. The minimum Gasteiger partial charge on any atom is -0.351 e. The molecule has 0 spiro atoms. The van der Waals surface area contributed by atoms with Gasteiger partial charge in [0.2, 0.25) is 5.95 Å². The van der Waals surface area contributed by atoms with E-state index in [0.717, 1.165) is 25.1 Å².